The minimum absolute atomic E-state index is 0.515. The average molecular weight is 401 g/mol. The van der Waals surface area contributed by atoms with E-state index in [1.807, 2.05) is 35.9 Å². The van der Waals surface area contributed by atoms with Crippen LogP contribution in [0, 0.1) is 13.8 Å². The minimum atomic E-state index is 0.515. The molecule has 0 bridgehead atoms. The van der Waals surface area contributed by atoms with Crippen LogP contribution in [0.1, 0.15) is 11.1 Å². The van der Waals surface area contributed by atoms with Crippen molar-refractivity contribution in [2.75, 3.05) is 17.3 Å². The molecule has 4 rings (SSSR count). The summed E-state index contributed by atoms with van der Waals surface area (Å²) in [4.78, 5) is 21.2. The van der Waals surface area contributed by atoms with Crippen molar-refractivity contribution in [1.82, 2.24) is 14.5 Å². The van der Waals surface area contributed by atoms with Crippen molar-refractivity contribution in [3.05, 3.63) is 65.9 Å². The lowest BCUT2D eigenvalue weighted by Crippen LogP contribution is -2.14. The zero-order valence-electron chi connectivity index (χ0n) is 17.4. The molecule has 7 heteroatoms. The number of aryl methyl sites for hydroxylation is 3. The number of carbonyl (C=O) groups excluding carboxylic acids is 1. The molecule has 0 fully saturated rings. The summed E-state index contributed by atoms with van der Waals surface area (Å²) in [6.45, 7) is 4.19. The van der Waals surface area contributed by atoms with Crippen molar-refractivity contribution in [2.24, 2.45) is 7.05 Å². The highest BCUT2D eigenvalue weighted by Gasteiger charge is 2.11. The van der Waals surface area contributed by atoms with Crippen LogP contribution in [0.4, 0.5) is 17.5 Å². The molecule has 30 heavy (non-hydrogen) atoms. The fourth-order valence-electron chi connectivity index (χ4n) is 3.15. The second-order valence-corrected chi connectivity index (χ2v) is 7.24. The van der Waals surface area contributed by atoms with Crippen molar-refractivity contribution in [3.8, 4) is 11.5 Å². The topological polar surface area (TPSA) is 72.3 Å². The lowest BCUT2D eigenvalue weighted by atomic mass is 10.1. The van der Waals surface area contributed by atoms with Crippen LogP contribution in [-0.2, 0) is 11.8 Å². The molecule has 7 nitrogen and oxygen atoms in total. The SMILES string of the molecule is Cc1ccc(Nc2nc3cc(Oc4ccnc(N(C)C=O)c4)ccc3n2C)cc1C. The van der Waals surface area contributed by atoms with Gasteiger partial charge >= 0.3 is 0 Å². The normalized spacial score (nSPS) is 10.8. The number of hydrogen-bond donors (Lipinski definition) is 1. The van der Waals surface area contributed by atoms with E-state index in [-0.39, 0.29) is 0 Å². The van der Waals surface area contributed by atoms with Gasteiger partial charge in [-0.3, -0.25) is 4.79 Å². The molecule has 0 aliphatic heterocycles. The minimum Gasteiger partial charge on any atom is -0.457 e. The number of nitrogens with one attached hydrogen (secondary N) is 1. The van der Waals surface area contributed by atoms with Gasteiger partial charge in [0.1, 0.15) is 17.3 Å². The molecule has 2 aromatic heterocycles. The maximum Gasteiger partial charge on any atom is 0.215 e. The molecule has 0 atom stereocenters. The van der Waals surface area contributed by atoms with Crippen molar-refractivity contribution in [1.29, 1.82) is 0 Å². The van der Waals surface area contributed by atoms with Gasteiger partial charge in [0.25, 0.3) is 0 Å². The average Bonchev–Trinajstić information content (AvgIpc) is 3.05. The molecule has 0 aliphatic rings. The molecule has 1 N–H and O–H groups in total. The van der Waals surface area contributed by atoms with Gasteiger partial charge in [0.15, 0.2) is 0 Å². The first-order valence-electron chi connectivity index (χ1n) is 9.57. The largest absolute Gasteiger partial charge is 0.457 e. The summed E-state index contributed by atoms with van der Waals surface area (Å²) in [5.74, 6) is 2.52. The molecule has 0 radical (unpaired) electrons. The number of aromatic nitrogens is 3. The highest BCUT2D eigenvalue weighted by molar-refractivity contribution is 5.81. The quantitative estimate of drug-likeness (QED) is 0.474. The van der Waals surface area contributed by atoms with Gasteiger partial charge in [0, 0.05) is 38.1 Å². The second-order valence-electron chi connectivity index (χ2n) is 7.24. The third-order valence-corrected chi connectivity index (χ3v) is 5.09. The van der Waals surface area contributed by atoms with Gasteiger partial charge in [0.2, 0.25) is 12.4 Å². The molecule has 1 amide bonds. The number of amides is 1. The van der Waals surface area contributed by atoms with E-state index in [1.54, 1.807) is 25.4 Å². The molecule has 0 aliphatic carbocycles. The highest BCUT2D eigenvalue weighted by atomic mass is 16.5. The Morgan fingerprint density at radius 2 is 1.83 bits per heavy atom. The Bertz CT molecular complexity index is 1230. The first-order chi connectivity index (χ1) is 14.4. The zero-order chi connectivity index (χ0) is 21.3. The van der Waals surface area contributed by atoms with Crippen molar-refractivity contribution < 1.29 is 9.53 Å². The second kappa shape index (κ2) is 7.87. The van der Waals surface area contributed by atoms with Crippen molar-refractivity contribution >= 4 is 34.9 Å². The third-order valence-electron chi connectivity index (χ3n) is 5.09. The number of fused-ring (bicyclic) bond motifs is 1. The molecule has 2 aromatic carbocycles. The van der Waals surface area contributed by atoms with Crippen LogP contribution in [0.2, 0.25) is 0 Å². The third kappa shape index (κ3) is 3.82. The fourth-order valence-corrected chi connectivity index (χ4v) is 3.15. The smallest absolute Gasteiger partial charge is 0.215 e. The molecule has 2 heterocycles. The fraction of sp³-hybridized carbons (Fsp3) is 0.174. The van der Waals surface area contributed by atoms with Crippen molar-refractivity contribution in [2.45, 2.75) is 13.8 Å². The van der Waals surface area contributed by atoms with Crippen LogP contribution < -0.4 is 15.0 Å². The standard InChI is InChI=1S/C23H23N5O2/c1-15-5-6-17(11-16(15)2)25-23-26-20-12-18(7-8-21(20)28(23)4)30-19-9-10-24-22(13-19)27(3)14-29/h5-14H,1-4H3,(H,25,26). The zero-order valence-corrected chi connectivity index (χ0v) is 17.4. The van der Waals surface area contributed by atoms with E-state index in [0.29, 0.717) is 23.7 Å². The van der Waals surface area contributed by atoms with Crippen molar-refractivity contribution in [3.63, 3.8) is 0 Å². The maximum atomic E-state index is 11.0. The van der Waals surface area contributed by atoms with Gasteiger partial charge in [-0.2, -0.15) is 0 Å². The van der Waals surface area contributed by atoms with E-state index in [1.165, 1.54) is 16.0 Å². The molecule has 152 valence electrons. The van der Waals surface area contributed by atoms with Crippen LogP contribution in [0.25, 0.3) is 11.0 Å². The Morgan fingerprint density at radius 3 is 2.60 bits per heavy atom. The highest BCUT2D eigenvalue weighted by Crippen LogP contribution is 2.29. The number of pyridine rings is 1. The predicted molar refractivity (Wildman–Crippen MR) is 119 cm³/mol. The van der Waals surface area contributed by atoms with Gasteiger partial charge in [-0.1, -0.05) is 6.07 Å². The molecular formula is C23H23N5O2. The van der Waals surface area contributed by atoms with Gasteiger partial charge in [-0.05, 0) is 55.3 Å². The number of hydrogen-bond acceptors (Lipinski definition) is 5. The first-order valence-corrected chi connectivity index (χ1v) is 9.57. The Hall–Kier alpha value is -3.87. The monoisotopic (exact) mass is 401 g/mol. The summed E-state index contributed by atoms with van der Waals surface area (Å²) in [5, 5.41) is 3.39. The van der Waals surface area contributed by atoms with E-state index in [4.69, 9.17) is 9.72 Å². The molecule has 0 saturated carbocycles. The summed E-state index contributed by atoms with van der Waals surface area (Å²) in [6, 6.07) is 15.5. The number of nitrogens with zero attached hydrogens (tertiary/aromatic N) is 4. The van der Waals surface area contributed by atoms with E-state index in [0.717, 1.165) is 22.7 Å². The Kier molecular flexibility index (Phi) is 5.10. The lowest BCUT2D eigenvalue weighted by Gasteiger charge is -2.11. The van der Waals surface area contributed by atoms with E-state index in [2.05, 4.69) is 36.3 Å². The summed E-state index contributed by atoms with van der Waals surface area (Å²) < 4.78 is 7.98. The Balaban J connectivity index is 1.60. The van der Waals surface area contributed by atoms with Gasteiger partial charge in [0.05, 0.1) is 11.0 Å². The number of benzene rings is 2. The summed E-state index contributed by atoms with van der Waals surface area (Å²) in [7, 11) is 3.62. The number of ether oxygens (including phenoxy) is 1. The summed E-state index contributed by atoms with van der Waals surface area (Å²) >= 11 is 0. The summed E-state index contributed by atoms with van der Waals surface area (Å²) in [6.07, 6.45) is 2.31. The number of rotatable bonds is 6. The maximum absolute atomic E-state index is 11.0. The van der Waals surface area contributed by atoms with Crippen LogP contribution in [-0.4, -0.2) is 28.0 Å². The van der Waals surface area contributed by atoms with Crippen LogP contribution in [0.5, 0.6) is 11.5 Å². The number of carbonyl (C=O) groups is 1. The lowest BCUT2D eigenvalue weighted by molar-refractivity contribution is -0.107. The molecular weight excluding hydrogens is 378 g/mol. The van der Waals surface area contributed by atoms with E-state index < -0.39 is 0 Å². The van der Waals surface area contributed by atoms with E-state index >= 15 is 0 Å². The van der Waals surface area contributed by atoms with Crippen LogP contribution in [0.3, 0.4) is 0 Å². The van der Waals surface area contributed by atoms with Crippen LogP contribution in [0.15, 0.2) is 54.7 Å². The van der Waals surface area contributed by atoms with Crippen LogP contribution >= 0.6 is 0 Å². The molecule has 0 unspecified atom stereocenters. The molecule has 4 aromatic rings. The van der Waals surface area contributed by atoms with Gasteiger partial charge in [-0.25, -0.2) is 9.97 Å². The number of anilines is 3. The van der Waals surface area contributed by atoms with Gasteiger partial charge < -0.3 is 19.5 Å². The Morgan fingerprint density at radius 1 is 1.03 bits per heavy atom. The predicted octanol–water partition coefficient (Wildman–Crippen LogP) is 4.71. The summed E-state index contributed by atoms with van der Waals surface area (Å²) in [5.41, 5.74) is 5.29. The molecule has 0 saturated heterocycles. The molecule has 0 spiro atoms. The van der Waals surface area contributed by atoms with Gasteiger partial charge in [-0.15, -0.1) is 0 Å². The first kappa shape index (κ1) is 19.4. The number of imidazole rings is 1. The van der Waals surface area contributed by atoms with E-state index in [9.17, 15) is 4.79 Å². The Labute approximate surface area is 174 Å².